The zero-order chi connectivity index (χ0) is 16.3. The molecule has 0 aliphatic heterocycles. The van der Waals surface area contributed by atoms with Crippen LogP contribution in [0.2, 0.25) is 0 Å². The average Bonchev–Trinajstić information content (AvgIpc) is 3.07. The summed E-state index contributed by atoms with van der Waals surface area (Å²) in [6.07, 6.45) is 7.46. The average molecular weight is 313 g/mol. The van der Waals surface area contributed by atoms with Crippen LogP contribution in [0.5, 0.6) is 0 Å². The molecule has 124 valence electrons. The van der Waals surface area contributed by atoms with Crippen molar-refractivity contribution in [1.29, 1.82) is 0 Å². The molecular weight excluding hydrogens is 286 g/mol. The van der Waals surface area contributed by atoms with Gasteiger partial charge in [0.2, 0.25) is 0 Å². The van der Waals surface area contributed by atoms with E-state index in [-0.39, 0.29) is 5.54 Å². The largest absolute Gasteiger partial charge is 0.302 e. The molecule has 0 spiro atoms. The summed E-state index contributed by atoms with van der Waals surface area (Å²) in [4.78, 5) is 0. The molecule has 0 unspecified atom stereocenters. The number of aromatic nitrogens is 4. The highest BCUT2D eigenvalue weighted by atomic mass is 15.6. The lowest BCUT2D eigenvalue weighted by Gasteiger charge is -2.35. The van der Waals surface area contributed by atoms with Gasteiger partial charge in [-0.3, -0.25) is 0 Å². The molecule has 1 aliphatic carbocycles. The van der Waals surface area contributed by atoms with Gasteiger partial charge in [0.1, 0.15) is 0 Å². The molecule has 1 aromatic carbocycles. The number of tetrazole rings is 1. The van der Waals surface area contributed by atoms with Gasteiger partial charge in [0.15, 0.2) is 5.82 Å². The molecule has 0 bridgehead atoms. The monoisotopic (exact) mass is 313 g/mol. The summed E-state index contributed by atoms with van der Waals surface area (Å²) in [5.74, 6) is 0.898. The Labute approximate surface area is 138 Å². The smallest absolute Gasteiger partial charge is 0.176 e. The van der Waals surface area contributed by atoms with Crippen LogP contribution in [-0.2, 0) is 5.54 Å². The lowest BCUT2D eigenvalue weighted by atomic mass is 9.90. The summed E-state index contributed by atoms with van der Waals surface area (Å²) in [6.45, 7) is 6.51. The van der Waals surface area contributed by atoms with Crippen LogP contribution in [-0.4, -0.2) is 26.2 Å². The SMILES string of the molecule is CC[C@](C)(NC1CCCCC1)c1nnnn1-c1ccc(C)cc1. The number of aryl methyl sites for hydroxylation is 1. The molecule has 1 N–H and O–H groups in total. The minimum absolute atomic E-state index is 0.212. The van der Waals surface area contributed by atoms with Gasteiger partial charge in [-0.1, -0.05) is 43.9 Å². The Kier molecular flexibility index (Phi) is 4.76. The molecule has 0 saturated heterocycles. The molecule has 1 atom stereocenters. The Balaban J connectivity index is 1.89. The maximum atomic E-state index is 4.36. The third-order valence-electron chi connectivity index (χ3n) is 5.08. The van der Waals surface area contributed by atoms with Gasteiger partial charge in [-0.25, -0.2) is 0 Å². The van der Waals surface area contributed by atoms with Gasteiger partial charge in [-0.2, -0.15) is 4.68 Å². The molecule has 23 heavy (non-hydrogen) atoms. The predicted molar refractivity (Wildman–Crippen MR) is 91.5 cm³/mol. The third-order valence-corrected chi connectivity index (χ3v) is 5.08. The number of nitrogens with one attached hydrogen (secondary N) is 1. The molecule has 1 heterocycles. The Morgan fingerprint density at radius 3 is 2.52 bits per heavy atom. The molecule has 1 saturated carbocycles. The van der Waals surface area contributed by atoms with Gasteiger partial charge in [0.05, 0.1) is 11.2 Å². The van der Waals surface area contributed by atoms with Crippen LogP contribution >= 0.6 is 0 Å². The van der Waals surface area contributed by atoms with Crippen molar-refractivity contribution in [2.45, 2.75) is 70.9 Å². The summed E-state index contributed by atoms with van der Waals surface area (Å²) in [6, 6.07) is 8.91. The van der Waals surface area contributed by atoms with E-state index >= 15 is 0 Å². The van der Waals surface area contributed by atoms with Crippen molar-refractivity contribution in [2.24, 2.45) is 0 Å². The Morgan fingerprint density at radius 1 is 1.17 bits per heavy atom. The molecule has 3 rings (SSSR count). The van der Waals surface area contributed by atoms with E-state index in [1.165, 1.54) is 37.7 Å². The van der Waals surface area contributed by atoms with Crippen LogP contribution in [0.1, 0.15) is 63.8 Å². The first-order valence-electron chi connectivity index (χ1n) is 8.76. The maximum absolute atomic E-state index is 4.36. The molecule has 0 amide bonds. The number of hydrogen-bond acceptors (Lipinski definition) is 4. The van der Waals surface area contributed by atoms with E-state index < -0.39 is 0 Å². The molecule has 2 aromatic rings. The Bertz CT molecular complexity index is 627. The normalized spacial score (nSPS) is 18.7. The zero-order valence-corrected chi connectivity index (χ0v) is 14.4. The molecule has 1 aliphatic rings. The van der Waals surface area contributed by atoms with Crippen molar-refractivity contribution in [2.75, 3.05) is 0 Å². The van der Waals surface area contributed by atoms with E-state index in [1.54, 1.807) is 0 Å². The van der Waals surface area contributed by atoms with Crippen molar-refractivity contribution in [1.82, 2.24) is 25.5 Å². The molecule has 5 nitrogen and oxygen atoms in total. The first kappa shape index (κ1) is 16.1. The number of nitrogens with zero attached hydrogens (tertiary/aromatic N) is 4. The van der Waals surface area contributed by atoms with Crippen molar-refractivity contribution in [3.8, 4) is 5.69 Å². The van der Waals surface area contributed by atoms with Crippen molar-refractivity contribution in [3.05, 3.63) is 35.7 Å². The van der Waals surface area contributed by atoms with Gasteiger partial charge in [-0.15, -0.1) is 5.10 Å². The first-order chi connectivity index (χ1) is 11.1. The third kappa shape index (κ3) is 3.44. The van der Waals surface area contributed by atoms with Gasteiger partial charge in [0.25, 0.3) is 0 Å². The van der Waals surface area contributed by atoms with Crippen LogP contribution in [0.15, 0.2) is 24.3 Å². The second-order valence-electron chi connectivity index (χ2n) is 6.91. The molecule has 0 radical (unpaired) electrons. The van der Waals surface area contributed by atoms with Crippen LogP contribution in [0.3, 0.4) is 0 Å². The van der Waals surface area contributed by atoms with Crippen LogP contribution in [0, 0.1) is 6.92 Å². The summed E-state index contributed by atoms with van der Waals surface area (Å²) in [5.41, 5.74) is 2.04. The number of hydrogen-bond donors (Lipinski definition) is 1. The summed E-state index contributed by atoms with van der Waals surface area (Å²) < 4.78 is 1.87. The number of rotatable bonds is 5. The highest BCUT2D eigenvalue weighted by molar-refractivity contribution is 5.34. The second kappa shape index (κ2) is 6.79. The minimum Gasteiger partial charge on any atom is -0.302 e. The van der Waals surface area contributed by atoms with Crippen molar-refractivity contribution >= 4 is 0 Å². The van der Waals surface area contributed by atoms with Crippen LogP contribution < -0.4 is 5.32 Å². The fourth-order valence-corrected chi connectivity index (χ4v) is 3.41. The molecule has 1 aromatic heterocycles. The van der Waals surface area contributed by atoms with E-state index in [4.69, 9.17) is 0 Å². The first-order valence-corrected chi connectivity index (χ1v) is 8.76. The van der Waals surface area contributed by atoms with Gasteiger partial charge in [0, 0.05) is 6.04 Å². The highest BCUT2D eigenvalue weighted by Gasteiger charge is 2.33. The Hall–Kier alpha value is -1.75. The molecule has 5 heteroatoms. The predicted octanol–water partition coefficient (Wildman–Crippen LogP) is 3.52. The van der Waals surface area contributed by atoms with Crippen molar-refractivity contribution in [3.63, 3.8) is 0 Å². The maximum Gasteiger partial charge on any atom is 0.176 e. The quantitative estimate of drug-likeness (QED) is 0.917. The van der Waals surface area contributed by atoms with E-state index in [2.05, 4.69) is 65.9 Å². The van der Waals surface area contributed by atoms with Crippen LogP contribution in [0.4, 0.5) is 0 Å². The second-order valence-corrected chi connectivity index (χ2v) is 6.91. The summed E-state index contributed by atoms with van der Waals surface area (Å²) in [5, 5.41) is 16.4. The fraction of sp³-hybridized carbons (Fsp3) is 0.611. The summed E-state index contributed by atoms with van der Waals surface area (Å²) in [7, 11) is 0. The standard InChI is InChI=1S/C18H27N5/c1-4-18(3,19-15-8-6-5-7-9-15)17-20-21-22-23(17)16-12-10-14(2)11-13-16/h10-13,15,19H,4-9H2,1-3H3/t18-/m0/s1. The Morgan fingerprint density at radius 2 is 1.87 bits per heavy atom. The lowest BCUT2D eigenvalue weighted by molar-refractivity contribution is 0.245. The zero-order valence-electron chi connectivity index (χ0n) is 14.4. The highest BCUT2D eigenvalue weighted by Crippen LogP contribution is 2.28. The summed E-state index contributed by atoms with van der Waals surface area (Å²) >= 11 is 0. The van der Waals surface area contributed by atoms with Gasteiger partial charge < -0.3 is 5.32 Å². The number of benzene rings is 1. The molecule has 1 fully saturated rings. The topological polar surface area (TPSA) is 55.6 Å². The van der Waals surface area contributed by atoms with Crippen molar-refractivity contribution < 1.29 is 0 Å². The van der Waals surface area contributed by atoms with E-state index in [1.807, 2.05) is 4.68 Å². The van der Waals surface area contributed by atoms with E-state index in [9.17, 15) is 0 Å². The van der Waals surface area contributed by atoms with Gasteiger partial charge >= 0.3 is 0 Å². The van der Waals surface area contributed by atoms with Crippen LogP contribution in [0.25, 0.3) is 5.69 Å². The molecular formula is C18H27N5. The fourth-order valence-electron chi connectivity index (χ4n) is 3.41. The van der Waals surface area contributed by atoms with E-state index in [0.717, 1.165) is 17.9 Å². The minimum atomic E-state index is -0.212. The van der Waals surface area contributed by atoms with Gasteiger partial charge in [-0.05, 0) is 55.7 Å². The lowest BCUT2D eigenvalue weighted by Crippen LogP contribution is -2.47. The van der Waals surface area contributed by atoms with E-state index in [0.29, 0.717) is 6.04 Å².